The van der Waals surface area contributed by atoms with Crippen molar-refractivity contribution in [1.29, 1.82) is 0 Å². The molecule has 2 aromatic heterocycles. The van der Waals surface area contributed by atoms with Gasteiger partial charge in [-0.1, -0.05) is 66.1 Å². The number of nitrogens with one attached hydrogen (secondary N) is 1. The predicted molar refractivity (Wildman–Crippen MR) is 141 cm³/mol. The summed E-state index contributed by atoms with van der Waals surface area (Å²) in [7, 11) is 0. The predicted octanol–water partition coefficient (Wildman–Crippen LogP) is 6.20. The second kappa shape index (κ2) is 12.0. The summed E-state index contributed by atoms with van der Waals surface area (Å²) >= 11 is 9.07. The standard InChI is InChI=1S/C24H29ClN6O2S2/c1-4-12-31-21(16(3)33-19-13-15(2)10-11-18(19)25)27-30-24(31)34-14-20(32)26-23-29-28-22(35-23)17-8-6-5-7-9-17/h4,10-11,13,16-17H,1,5-9,12,14H2,2-3H3,(H,26,29,32). The Morgan fingerprint density at radius 1 is 1.31 bits per heavy atom. The number of halogens is 1. The molecule has 1 N–H and O–H groups in total. The lowest BCUT2D eigenvalue weighted by atomic mass is 9.90. The van der Waals surface area contributed by atoms with Crippen molar-refractivity contribution >= 4 is 45.7 Å². The highest BCUT2D eigenvalue weighted by atomic mass is 35.5. The van der Waals surface area contributed by atoms with E-state index in [1.807, 2.05) is 36.6 Å². The van der Waals surface area contributed by atoms with E-state index in [1.54, 1.807) is 6.08 Å². The minimum absolute atomic E-state index is 0.160. The van der Waals surface area contributed by atoms with Crippen molar-refractivity contribution in [2.75, 3.05) is 11.1 Å². The number of ether oxygens (including phenoxy) is 1. The van der Waals surface area contributed by atoms with Crippen LogP contribution < -0.4 is 10.1 Å². The SMILES string of the molecule is C=CCn1c(SCC(=O)Nc2nnc(C3CCCCC3)s2)nnc1C(C)Oc1cc(C)ccc1Cl. The van der Waals surface area contributed by atoms with Crippen molar-refractivity contribution in [3.05, 3.63) is 52.3 Å². The summed E-state index contributed by atoms with van der Waals surface area (Å²) in [6.45, 7) is 8.20. The highest BCUT2D eigenvalue weighted by molar-refractivity contribution is 7.99. The first-order valence-corrected chi connectivity index (χ1v) is 13.9. The van der Waals surface area contributed by atoms with Gasteiger partial charge in [-0.2, -0.15) is 0 Å². The highest BCUT2D eigenvalue weighted by Gasteiger charge is 2.22. The van der Waals surface area contributed by atoms with Crippen LogP contribution in [0.2, 0.25) is 5.02 Å². The zero-order valence-electron chi connectivity index (χ0n) is 19.9. The minimum Gasteiger partial charge on any atom is -0.481 e. The molecule has 0 saturated heterocycles. The Morgan fingerprint density at radius 2 is 2.11 bits per heavy atom. The van der Waals surface area contributed by atoms with Crippen LogP contribution in [0.1, 0.15) is 67.4 Å². The largest absolute Gasteiger partial charge is 0.481 e. The van der Waals surface area contributed by atoms with E-state index in [0.29, 0.717) is 39.3 Å². The van der Waals surface area contributed by atoms with E-state index in [1.165, 1.54) is 42.4 Å². The average Bonchev–Trinajstić information content (AvgIpc) is 3.48. The number of hydrogen-bond donors (Lipinski definition) is 1. The molecule has 1 unspecified atom stereocenters. The molecule has 3 aromatic rings. The third-order valence-electron chi connectivity index (χ3n) is 5.78. The van der Waals surface area contributed by atoms with Gasteiger partial charge >= 0.3 is 0 Å². The Kier molecular flexibility index (Phi) is 8.80. The second-order valence-electron chi connectivity index (χ2n) is 8.55. The Balaban J connectivity index is 1.37. The lowest BCUT2D eigenvalue weighted by Gasteiger charge is -2.18. The number of amides is 1. The van der Waals surface area contributed by atoms with Gasteiger partial charge in [0, 0.05) is 12.5 Å². The van der Waals surface area contributed by atoms with Gasteiger partial charge in [0.1, 0.15) is 10.8 Å². The van der Waals surface area contributed by atoms with Gasteiger partial charge in [0.25, 0.3) is 0 Å². The van der Waals surface area contributed by atoms with Gasteiger partial charge in [-0.3, -0.25) is 14.7 Å². The minimum atomic E-state index is -0.399. The van der Waals surface area contributed by atoms with Crippen molar-refractivity contribution in [1.82, 2.24) is 25.0 Å². The number of allylic oxidation sites excluding steroid dienone is 1. The Labute approximate surface area is 218 Å². The zero-order chi connectivity index (χ0) is 24.8. The van der Waals surface area contributed by atoms with E-state index < -0.39 is 6.10 Å². The number of aromatic nitrogens is 5. The number of aryl methyl sites for hydroxylation is 1. The van der Waals surface area contributed by atoms with E-state index in [0.717, 1.165) is 23.4 Å². The number of nitrogens with zero attached hydrogens (tertiary/aromatic N) is 5. The molecule has 1 atom stereocenters. The number of anilines is 1. The van der Waals surface area contributed by atoms with Gasteiger partial charge in [-0.15, -0.1) is 27.0 Å². The maximum Gasteiger partial charge on any atom is 0.236 e. The van der Waals surface area contributed by atoms with Crippen LogP contribution in [0.25, 0.3) is 0 Å². The fourth-order valence-corrected chi connectivity index (χ4v) is 5.88. The number of hydrogen-bond acceptors (Lipinski definition) is 8. The Morgan fingerprint density at radius 3 is 2.89 bits per heavy atom. The molecule has 1 fully saturated rings. The molecule has 1 aliphatic rings. The second-order valence-corrected chi connectivity index (χ2v) is 10.9. The van der Waals surface area contributed by atoms with E-state index in [2.05, 4.69) is 32.3 Å². The van der Waals surface area contributed by atoms with Crippen LogP contribution in [0.4, 0.5) is 5.13 Å². The maximum absolute atomic E-state index is 12.6. The van der Waals surface area contributed by atoms with Crippen molar-refractivity contribution in [3.63, 3.8) is 0 Å². The summed E-state index contributed by atoms with van der Waals surface area (Å²) in [4.78, 5) is 12.6. The number of carbonyl (C=O) groups is 1. The zero-order valence-corrected chi connectivity index (χ0v) is 22.3. The third-order valence-corrected chi connectivity index (χ3v) is 8.07. The highest BCUT2D eigenvalue weighted by Crippen LogP contribution is 2.35. The summed E-state index contributed by atoms with van der Waals surface area (Å²) in [6, 6.07) is 5.63. The van der Waals surface area contributed by atoms with E-state index in [-0.39, 0.29) is 11.7 Å². The number of carbonyl (C=O) groups excluding carboxylic acids is 1. The van der Waals surface area contributed by atoms with Crippen LogP contribution in [-0.4, -0.2) is 36.6 Å². The van der Waals surface area contributed by atoms with Gasteiger partial charge in [-0.05, 0) is 44.4 Å². The first-order chi connectivity index (χ1) is 16.9. The number of rotatable bonds is 10. The number of thioether (sulfide) groups is 1. The molecule has 4 rings (SSSR count). The molecular formula is C24H29ClN6O2S2. The molecule has 0 radical (unpaired) electrons. The molecule has 8 nitrogen and oxygen atoms in total. The Hall–Kier alpha value is -2.43. The molecule has 2 heterocycles. The first kappa shape index (κ1) is 25.7. The van der Waals surface area contributed by atoms with Crippen molar-refractivity contribution in [2.24, 2.45) is 0 Å². The third kappa shape index (κ3) is 6.62. The molecule has 1 aliphatic carbocycles. The van der Waals surface area contributed by atoms with Crippen LogP contribution in [0.15, 0.2) is 36.0 Å². The van der Waals surface area contributed by atoms with Gasteiger partial charge in [0.2, 0.25) is 11.0 Å². The normalized spacial score (nSPS) is 15.1. The Bertz CT molecular complexity index is 1170. The van der Waals surface area contributed by atoms with Gasteiger partial charge < -0.3 is 4.74 Å². The fourth-order valence-electron chi connectivity index (χ4n) is 4.04. The average molecular weight is 533 g/mol. The molecule has 0 spiro atoms. The summed E-state index contributed by atoms with van der Waals surface area (Å²) in [5.74, 6) is 1.70. The van der Waals surface area contributed by atoms with Crippen molar-refractivity contribution in [3.8, 4) is 5.75 Å². The molecule has 0 aliphatic heterocycles. The van der Waals surface area contributed by atoms with E-state index >= 15 is 0 Å². The maximum atomic E-state index is 12.6. The van der Waals surface area contributed by atoms with E-state index in [4.69, 9.17) is 16.3 Å². The van der Waals surface area contributed by atoms with Gasteiger partial charge in [0.05, 0.1) is 10.8 Å². The van der Waals surface area contributed by atoms with Gasteiger partial charge in [0.15, 0.2) is 17.1 Å². The van der Waals surface area contributed by atoms with Crippen LogP contribution in [0.3, 0.4) is 0 Å². The van der Waals surface area contributed by atoms with Gasteiger partial charge in [-0.25, -0.2) is 0 Å². The first-order valence-electron chi connectivity index (χ1n) is 11.7. The van der Waals surface area contributed by atoms with Crippen LogP contribution in [-0.2, 0) is 11.3 Å². The summed E-state index contributed by atoms with van der Waals surface area (Å²) in [5, 5.41) is 22.7. The molecule has 186 valence electrons. The molecule has 1 amide bonds. The molecule has 11 heteroatoms. The van der Waals surface area contributed by atoms with E-state index in [9.17, 15) is 4.79 Å². The quantitative estimate of drug-likeness (QED) is 0.245. The topological polar surface area (TPSA) is 94.8 Å². The van der Waals surface area contributed by atoms with Crippen LogP contribution >= 0.6 is 34.7 Å². The molecule has 1 saturated carbocycles. The van der Waals surface area contributed by atoms with Crippen LogP contribution in [0.5, 0.6) is 5.75 Å². The fraction of sp³-hybridized carbons (Fsp3) is 0.458. The molecule has 35 heavy (non-hydrogen) atoms. The summed E-state index contributed by atoms with van der Waals surface area (Å²) in [6.07, 6.45) is 7.42. The smallest absolute Gasteiger partial charge is 0.236 e. The van der Waals surface area contributed by atoms with Crippen molar-refractivity contribution < 1.29 is 9.53 Å². The monoisotopic (exact) mass is 532 g/mol. The molecule has 1 aromatic carbocycles. The summed E-state index contributed by atoms with van der Waals surface area (Å²) in [5.41, 5.74) is 1.05. The molecule has 0 bridgehead atoms. The van der Waals surface area contributed by atoms with Crippen LogP contribution in [0, 0.1) is 6.92 Å². The number of benzene rings is 1. The molecular weight excluding hydrogens is 504 g/mol. The summed E-state index contributed by atoms with van der Waals surface area (Å²) < 4.78 is 7.97. The lowest BCUT2D eigenvalue weighted by Crippen LogP contribution is -2.15. The van der Waals surface area contributed by atoms with Crippen molar-refractivity contribution in [2.45, 2.75) is 69.7 Å². The lowest BCUT2D eigenvalue weighted by molar-refractivity contribution is -0.113.